The summed E-state index contributed by atoms with van der Waals surface area (Å²) in [5, 5.41) is 5.19. The average Bonchev–Trinajstić information content (AvgIpc) is 2.63. The molecule has 0 aromatic carbocycles. The maximum absolute atomic E-state index is 5.89. The van der Waals surface area contributed by atoms with E-state index in [-0.39, 0.29) is 0 Å². The Kier molecular flexibility index (Phi) is 4.77. The van der Waals surface area contributed by atoms with Gasteiger partial charge >= 0.3 is 0 Å². The van der Waals surface area contributed by atoms with Gasteiger partial charge in [0.1, 0.15) is 0 Å². The molecule has 0 radical (unpaired) electrons. The van der Waals surface area contributed by atoms with E-state index in [4.69, 9.17) is 11.6 Å². The van der Waals surface area contributed by atoms with E-state index in [0.29, 0.717) is 11.3 Å². The van der Waals surface area contributed by atoms with Crippen LogP contribution in [0.4, 0.5) is 0 Å². The summed E-state index contributed by atoms with van der Waals surface area (Å²) >= 11 is 9.38. The van der Waals surface area contributed by atoms with Crippen molar-refractivity contribution in [3.63, 3.8) is 0 Å². The number of nitrogens with zero attached hydrogens (tertiary/aromatic N) is 1. The van der Waals surface area contributed by atoms with E-state index in [1.54, 1.807) is 11.3 Å². The molecule has 0 aliphatic carbocycles. The second-order valence-corrected chi connectivity index (χ2v) is 7.58. The Bertz CT molecular complexity index is 391. The van der Waals surface area contributed by atoms with Gasteiger partial charge in [-0.2, -0.15) is 0 Å². The lowest BCUT2D eigenvalue weighted by atomic mass is 10.2. The van der Waals surface area contributed by atoms with Gasteiger partial charge in [0.15, 0.2) is 5.17 Å². The fourth-order valence-electron chi connectivity index (χ4n) is 1.88. The normalized spacial score (nSPS) is 27.1. The minimum atomic E-state index is 0.543. The van der Waals surface area contributed by atoms with Crippen molar-refractivity contribution >= 4 is 39.9 Å². The molecule has 1 N–H and O–H groups in total. The Hall–Kier alpha value is -0.190. The molecule has 5 heteroatoms. The third-order valence-electron chi connectivity index (χ3n) is 2.61. The van der Waals surface area contributed by atoms with Crippen molar-refractivity contribution in [2.75, 3.05) is 6.54 Å². The summed E-state index contributed by atoms with van der Waals surface area (Å²) in [5.41, 5.74) is 0. The SMILES string of the molecule is CC1CC(C)SC(=NCCc2ccc(Cl)s2)N1. The van der Waals surface area contributed by atoms with Gasteiger partial charge in [-0.3, -0.25) is 4.99 Å². The van der Waals surface area contributed by atoms with Crippen molar-refractivity contribution in [2.24, 2.45) is 4.99 Å². The zero-order chi connectivity index (χ0) is 12.3. The van der Waals surface area contributed by atoms with Gasteiger partial charge in [0, 0.05) is 29.1 Å². The Morgan fingerprint density at radius 2 is 2.29 bits per heavy atom. The molecule has 2 nitrogen and oxygen atoms in total. The van der Waals surface area contributed by atoms with E-state index in [9.17, 15) is 0 Å². The minimum Gasteiger partial charge on any atom is -0.362 e. The fourth-order valence-corrected chi connectivity index (χ4v) is 4.15. The molecule has 0 spiro atoms. The van der Waals surface area contributed by atoms with E-state index < -0.39 is 0 Å². The van der Waals surface area contributed by atoms with Gasteiger partial charge in [-0.25, -0.2) is 0 Å². The quantitative estimate of drug-likeness (QED) is 0.915. The lowest BCUT2D eigenvalue weighted by Gasteiger charge is -2.26. The van der Waals surface area contributed by atoms with Crippen molar-refractivity contribution < 1.29 is 0 Å². The highest BCUT2D eigenvalue weighted by molar-refractivity contribution is 8.14. The molecule has 0 amide bonds. The van der Waals surface area contributed by atoms with Crippen LogP contribution >= 0.6 is 34.7 Å². The Balaban J connectivity index is 1.83. The van der Waals surface area contributed by atoms with Gasteiger partial charge in [0.2, 0.25) is 0 Å². The smallest absolute Gasteiger partial charge is 0.157 e. The van der Waals surface area contributed by atoms with E-state index in [1.807, 2.05) is 17.8 Å². The third-order valence-corrected chi connectivity index (χ3v) is 4.97. The van der Waals surface area contributed by atoms with Gasteiger partial charge in [-0.05, 0) is 25.5 Å². The molecule has 1 aliphatic rings. The highest BCUT2D eigenvalue weighted by Gasteiger charge is 2.19. The standard InChI is InChI=1S/C12H17ClN2S2/c1-8-7-9(2)16-12(15-8)14-6-5-10-3-4-11(13)17-10/h3-4,8-9H,5-7H2,1-2H3,(H,14,15). The number of hydrogen-bond acceptors (Lipinski definition) is 3. The van der Waals surface area contributed by atoms with Gasteiger partial charge in [0.25, 0.3) is 0 Å². The van der Waals surface area contributed by atoms with Crippen LogP contribution in [0, 0.1) is 0 Å². The van der Waals surface area contributed by atoms with Crippen molar-refractivity contribution in [3.05, 3.63) is 21.3 Å². The summed E-state index contributed by atoms with van der Waals surface area (Å²) in [4.78, 5) is 5.93. The highest BCUT2D eigenvalue weighted by atomic mass is 35.5. The molecule has 2 heterocycles. The predicted octanol–water partition coefficient (Wildman–Crippen LogP) is 3.80. The first-order chi connectivity index (χ1) is 8.13. The van der Waals surface area contributed by atoms with Crippen LogP contribution in [0.2, 0.25) is 4.34 Å². The summed E-state index contributed by atoms with van der Waals surface area (Å²) in [6, 6.07) is 4.58. The van der Waals surface area contributed by atoms with E-state index in [0.717, 1.165) is 22.5 Å². The Morgan fingerprint density at radius 1 is 1.47 bits per heavy atom. The number of halogens is 1. The summed E-state index contributed by atoms with van der Waals surface area (Å²) < 4.78 is 0.861. The first-order valence-electron chi connectivity index (χ1n) is 5.85. The zero-order valence-corrected chi connectivity index (χ0v) is 12.5. The van der Waals surface area contributed by atoms with Crippen LogP contribution in [0.3, 0.4) is 0 Å². The van der Waals surface area contributed by atoms with Crippen LogP contribution in [-0.4, -0.2) is 23.0 Å². The molecule has 0 saturated carbocycles. The van der Waals surface area contributed by atoms with Crippen LogP contribution in [0.15, 0.2) is 17.1 Å². The topological polar surface area (TPSA) is 24.4 Å². The molecule has 0 bridgehead atoms. The fraction of sp³-hybridized carbons (Fsp3) is 0.583. The second-order valence-electron chi connectivity index (χ2n) is 4.35. The molecule has 1 aliphatic heterocycles. The first-order valence-corrected chi connectivity index (χ1v) is 7.93. The van der Waals surface area contributed by atoms with Crippen LogP contribution in [-0.2, 0) is 6.42 Å². The summed E-state index contributed by atoms with van der Waals surface area (Å²) in [7, 11) is 0. The molecule has 2 unspecified atom stereocenters. The van der Waals surface area contributed by atoms with Crippen LogP contribution in [0.25, 0.3) is 0 Å². The number of thiophene rings is 1. The first kappa shape index (κ1) is 13.2. The number of nitrogens with one attached hydrogen (secondary N) is 1. The number of rotatable bonds is 3. The molecule has 94 valence electrons. The molecule has 1 aromatic heterocycles. The van der Waals surface area contributed by atoms with Crippen molar-refractivity contribution in [1.29, 1.82) is 0 Å². The number of thioether (sulfide) groups is 1. The molecular formula is C12H17ClN2S2. The van der Waals surface area contributed by atoms with E-state index in [2.05, 4.69) is 30.2 Å². The zero-order valence-electron chi connectivity index (χ0n) is 10.1. The van der Waals surface area contributed by atoms with E-state index in [1.165, 1.54) is 11.3 Å². The highest BCUT2D eigenvalue weighted by Crippen LogP contribution is 2.23. The Labute approximate surface area is 116 Å². The number of amidine groups is 1. The van der Waals surface area contributed by atoms with Crippen molar-refractivity contribution in [2.45, 2.75) is 38.0 Å². The lowest BCUT2D eigenvalue weighted by molar-refractivity contribution is 0.597. The molecule has 1 saturated heterocycles. The molecule has 1 fully saturated rings. The van der Waals surface area contributed by atoms with Gasteiger partial charge < -0.3 is 5.32 Å². The van der Waals surface area contributed by atoms with Crippen molar-refractivity contribution in [1.82, 2.24) is 5.32 Å². The molecular weight excluding hydrogens is 272 g/mol. The van der Waals surface area contributed by atoms with Crippen LogP contribution in [0.5, 0.6) is 0 Å². The maximum atomic E-state index is 5.89. The molecule has 2 rings (SSSR count). The van der Waals surface area contributed by atoms with Gasteiger partial charge in [-0.1, -0.05) is 30.3 Å². The largest absolute Gasteiger partial charge is 0.362 e. The van der Waals surface area contributed by atoms with Crippen LogP contribution in [0.1, 0.15) is 25.1 Å². The number of hydrogen-bond donors (Lipinski definition) is 1. The van der Waals surface area contributed by atoms with Crippen molar-refractivity contribution in [3.8, 4) is 0 Å². The molecule has 1 aromatic rings. The number of aliphatic imine (C=N–C) groups is 1. The summed E-state index contributed by atoms with van der Waals surface area (Å²) in [6.07, 6.45) is 2.19. The predicted molar refractivity (Wildman–Crippen MR) is 79.6 cm³/mol. The molecule has 2 atom stereocenters. The van der Waals surface area contributed by atoms with Crippen LogP contribution < -0.4 is 5.32 Å². The minimum absolute atomic E-state index is 0.543. The lowest BCUT2D eigenvalue weighted by Crippen LogP contribution is -2.38. The third kappa shape index (κ3) is 4.19. The molecule has 17 heavy (non-hydrogen) atoms. The summed E-state index contributed by atoms with van der Waals surface area (Å²) in [6.45, 7) is 5.31. The van der Waals surface area contributed by atoms with Gasteiger partial charge in [0.05, 0.1) is 4.34 Å². The average molecular weight is 289 g/mol. The Morgan fingerprint density at radius 3 is 2.94 bits per heavy atom. The monoisotopic (exact) mass is 288 g/mol. The van der Waals surface area contributed by atoms with Gasteiger partial charge in [-0.15, -0.1) is 11.3 Å². The summed E-state index contributed by atoms with van der Waals surface area (Å²) in [5.74, 6) is 0. The second kappa shape index (κ2) is 6.12. The maximum Gasteiger partial charge on any atom is 0.157 e. The van der Waals surface area contributed by atoms with E-state index >= 15 is 0 Å².